The molecule has 0 rings (SSSR count). The van der Waals surface area contributed by atoms with E-state index in [1.807, 2.05) is 20.8 Å². The molecule has 0 atom stereocenters. The van der Waals surface area contributed by atoms with E-state index in [9.17, 15) is 0 Å². The Morgan fingerprint density at radius 2 is 2.11 bits per heavy atom. The van der Waals surface area contributed by atoms with Crippen molar-refractivity contribution in [1.29, 1.82) is 0 Å². The average Bonchev–Trinajstić information content (AvgIpc) is 1.63. The van der Waals surface area contributed by atoms with Crippen LogP contribution in [0.3, 0.4) is 0 Å². The van der Waals surface area contributed by atoms with Gasteiger partial charge in [0.25, 0.3) is 0 Å². The quantitative estimate of drug-likeness (QED) is 0.412. The second-order valence-electron chi connectivity index (χ2n) is 2.78. The predicted molar refractivity (Wildman–Crippen MR) is 39.3 cm³/mol. The molecule has 0 amide bonds. The number of oxime groups is 1. The van der Waals surface area contributed by atoms with Gasteiger partial charge in [0.05, 0.1) is 0 Å². The van der Waals surface area contributed by atoms with Gasteiger partial charge in [-0.15, -0.1) is 0 Å². The Morgan fingerprint density at radius 3 is 2.44 bits per heavy atom. The topological polar surface area (TPSA) is 21.6 Å². The Bertz CT molecular complexity index is 91.6. The normalized spacial score (nSPS) is 12.4. The maximum Gasteiger partial charge on any atom is 0.129 e. The molecule has 0 heterocycles. The third-order valence-electron chi connectivity index (χ3n) is 0.530. The molecule has 0 aromatic rings. The van der Waals surface area contributed by atoms with Gasteiger partial charge in [0.2, 0.25) is 0 Å². The highest BCUT2D eigenvalue weighted by atomic mass is 16.6. The van der Waals surface area contributed by atoms with Gasteiger partial charge in [0, 0.05) is 6.21 Å². The lowest BCUT2D eigenvalue weighted by Crippen LogP contribution is -2.15. The van der Waals surface area contributed by atoms with Gasteiger partial charge in [-0.2, -0.15) is 0 Å². The summed E-state index contributed by atoms with van der Waals surface area (Å²) in [5.41, 5.74) is -0.175. The van der Waals surface area contributed by atoms with E-state index in [-0.39, 0.29) is 5.60 Å². The molecular formula is C7H14NO. The largest absolute Gasteiger partial charge is 0.390 e. The zero-order valence-corrected chi connectivity index (χ0v) is 6.35. The SMILES string of the molecule is [CH2]C/C=N\OC(C)(C)C. The number of rotatable bonds is 2. The monoisotopic (exact) mass is 128 g/mol. The summed E-state index contributed by atoms with van der Waals surface area (Å²) in [6.45, 7) is 9.43. The molecule has 9 heavy (non-hydrogen) atoms. The van der Waals surface area contributed by atoms with Gasteiger partial charge < -0.3 is 4.84 Å². The van der Waals surface area contributed by atoms with Gasteiger partial charge in [-0.3, -0.25) is 0 Å². The second kappa shape index (κ2) is 3.49. The van der Waals surface area contributed by atoms with Gasteiger partial charge in [0.1, 0.15) is 5.60 Å². The van der Waals surface area contributed by atoms with Crippen LogP contribution >= 0.6 is 0 Å². The van der Waals surface area contributed by atoms with Gasteiger partial charge in [-0.1, -0.05) is 5.16 Å². The molecule has 0 aliphatic carbocycles. The van der Waals surface area contributed by atoms with Crippen LogP contribution in [0.4, 0.5) is 0 Å². The summed E-state index contributed by atoms with van der Waals surface area (Å²) < 4.78 is 0. The van der Waals surface area contributed by atoms with Crippen LogP contribution in [0.25, 0.3) is 0 Å². The minimum absolute atomic E-state index is 0.175. The van der Waals surface area contributed by atoms with Crippen molar-refractivity contribution in [3.8, 4) is 0 Å². The van der Waals surface area contributed by atoms with Crippen molar-refractivity contribution < 1.29 is 4.84 Å². The fourth-order valence-corrected chi connectivity index (χ4v) is 0.248. The highest BCUT2D eigenvalue weighted by molar-refractivity contribution is 5.56. The molecule has 0 fully saturated rings. The first-order valence-corrected chi connectivity index (χ1v) is 3.05. The Hall–Kier alpha value is -0.530. The van der Waals surface area contributed by atoms with Gasteiger partial charge in [-0.25, -0.2) is 0 Å². The van der Waals surface area contributed by atoms with E-state index in [0.29, 0.717) is 6.42 Å². The standard InChI is InChI=1S/C7H14NO/c1-5-6-8-9-7(2,3)4/h6H,1,5H2,2-4H3/b8-6-. The lowest BCUT2D eigenvalue weighted by atomic mass is 10.2. The third kappa shape index (κ3) is 7.47. The molecule has 0 unspecified atom stereocenters. The Kier molecular flexibility index (Phi) is 3.28. The summed E-state index contributed by atoms with van der Waals surface area (Å²) in [6.07, 6.45) is 2.32. The van der Waals surface area contributed by atoms with Crippen molar-refractivity contribution in [3.05, 3.63) is 6.92 Å². The van der Waals surface area contributed by atoms with Crippen LogP contribution < -0.4 is 0 Å². The second-order valence-corrected chi connectivity index (χ2v) is 2.78. The van der Waals surface area contributed by atoms with Gasteiger partial charge in [-0.05, 0) is 34.1 Å². The molecule has 0 spiro atoms. The van der Waals surface area contributed by atoms with Crippen LogP contribution in [-0.4, -0.2) is 11.8 Å². The minimum Gasteiger partial charge on any atom is -0.390 e. The average molecular weight is 128 g/mol. The van der Waals surface area contributed by atoms with E-state index in [2.05, 4.69) is 12.1 Å². The van der Waals surface area contributed by atoms with Crippen LogP contribution in [0.2, 0.25) is 0 Å². The molecule has 0 saturated heterocycles. The molecule has 53 valence electrons. The minimum atomic E-state index is -0.175. The summed E-state index contributed by atoms with van der Waals surface area (Å²) in [4.78, 5) is 5.00. The number of hydrogen-bond acceptors (Lipinski definition) is 2. The molecule has 0 aromatic heterocycles. The first-order chi connectivity index (χ1) is 4.06. The zero-order chi connectivity index (χ0) is 7.33. The van der Waals surface area contributed by atoms with E-state index < -0.39 is 0 Å². The first kappa shape index (κ1) is 8.47. The van der Waals surface area contributed by atoms with Crippen molar-refractivity contribution in [3.63, 3.8) is 0 Å². The van der Waals surface area contributed by atoms with E-state index in [1.54, 1.807) is 6.21 Å². The summed E-state index contributed by atoms with van der Waals surface area (Å²) in [6, 6.07) is 0. The molecule has 1 radical (unpaired) electrons. The van der Waals surface area contributed by atoms with E-state index in [4.69, 9.17) is 4.84 Å². The van der Waals surface area contributed by atoms with Crippen molar-refractivity contribution in [2.75, 3.05) is 0 Å². The maximum atomic E-state index is 5.00. The summed E-state index contributed by atoms with van der Waals surface area (Å²) >= 11 is 0. The molecular weight excluding hydrogens is 114 g/mol. The van der Waals surface area contributed by atoms with Crippen molar-refractivity contribution in [2.45, 2.75) is 32.8 Å². The van der Waals surface area contributed by atoms with Crippen LogP contribution in [-0.2, 0) is 4.84 Å². The fraction of sp³-hybridized carbons (Fsp3) is 0.714. The summed E-state index contributed by atoms with van der Waals surface area (Å²) in [5.74, 6) is 0. The lowest BCUT2D eigenvalue weighted by molar-refractivity contribution is 0.00167. The third-order valence-corrected chi connectivity index (χ3v) is 0.530. The van der Waals surface area contributed by atoms with Gasteiger partial charge >= 0.3 is 0 Å². The molecule has 2 heteroatoms. The number of hydrogen-bond donors (Lipinski definition) is 0. The van der Waals surface area contributed by atoms with E-state index in [1.165, 1.54) is 0 Å². The predicted octanol–water partition coefficient (Wildman–Crippen LogP) is 2.01. The zero-order valence-electron chi connectivity index (χ0n) is 6.35. The molecule has 2 nitrogen and oxygen atoms in total. The molecule has 0 N–H and O–H groups in total. The van der Waals surface area contributed by atoms with Gasteiger partial charge in [0.15, 0.2) is 0 Å². The molecule has 0 bridgehead atoms. The summed E-state index contributed by atoms with van der Waals surface area (Å²) in [5, 5.41) is 3.67. The smallest absolute Gasteiger partial charge is 0.129 e. The van der Waals surface area contributed by atoms with Crippen LogP contribution in [0, 0.1) is 6.92 Å². The Morgan fingerprint density at radius 1 is 1.56 bits per heavy atom. The van der Waals surface area contributed by atoms with Crippen molar-refractivity contribution >= 4 is 6.21 Å². The molecule has 0 aromatic carbocycles. The maximum absolute atomic E-state index is 5.00. The van der Waals surface area contributed by atoms with Crippen LogP contribution in [0.1, 0.15) is 27.2 Å². The van der Waals surface area contributed by atoms with E-state index in [0.717, 1.165) is 0 Å². The molecule has 0 saturated carbocycles. The van der Waals surface area contributed by atoms with Crippen molar-refractivity contribution in [2.24, 2.45) is 5.16 Å². The molecule has 0 aliphatic rings. The van der Waals surface area contributed by atoms with Crippen molar-refractivity contribution in [1.82, 2.24) is 0 Å². The summed E-state index contributed by atoms with van der Waals surface area (Å²) in [7, 11) is 0. The Balaban J connectivity index is 3.38. The first-order valence-electron chi connectivity index (χ1n) is 3.05. The lowest BCUT2D eigenvalue weighted by Gasteiger charge is -2.14. The fourth-order valence-electron chi connectivity index (χ4n) is 0.248. The van der Waals surface area contributed by atoms with Crippen LogP contribution in [0.15, 0.2) is 5.16 Å². The number of nitrogens with zero attached hydrogens (tertiary/aromatic N) is 1. The van der Waals surface area contributed by atoms with Crippen LogP contribution in [0.5, 0.6) is 0 Å². The molecule has 0 aliphatic heterocycles. The highest BCUT2D eigenvalue weighted by Crippen LogP contribution is 2.05. The highest BCUT2D eigenvalue weighted by Gasteiger charge is 2.08. The van der Waals surface area contributed by atoms with E-state index >= 15 is 0 Å². The Labute approximate surface area is 56.9 Å².